The summed E-state index contributed by atoms with van der Waals surface area (Å²) in [7, 11) is 0. The molecule has 2 aromatic carbocycles. The van der Waals surface area contributed by atoms with E-state index >= 15 is 0 Å². The monoisotopic (exact) mass is 566 g/mol. The molecule has 0 unspecified atom stereocenters. The third-order valence-corrected chi connectivity index (χ3v) is 8.51. The number of nitriles is 1. The molecule has 1 aliphatic carbocycles. The van der Waals surface area contributed by atoms with Gasteiger partial charge in [-0.05, 0) is 73.7 Å². The Morgan fingerprint density at radius 2 is 1.90 bits per heavy atom. The largest absolute Gasteiger partial charge is 0.464 e. The number of hydrogen-bond acceptors (Lipinski definition) is 6. The lowest BCUT2D eigenvalue weighted by Gasteiger charge is -2.23. The average molecular weight is 567 g/mol. The second kappa shape index (κ2) is 12.6. The van der Waals surface area contributed by atoms with Crippen LogP contribution >= 0.6 is 11.8 Å². The van der Waals surface area contributed by atoms with Crippen LogP contribution in [0.5, 0.6) is 0 Å². The number of amides is 1. The molecule has 210 valence electrons. The van der Waals surface area contributed by atoms with Crippen LogP contribution in [0.2, 0.25) is 0 Å². The van der Waals surface area contributed by atoms with Gasteiger partial charge in [0.05, 0.1) is 35.0 Å². The summed E-state index contributed by atoms with van der Waals surface area (Å²) in [6.45, 7) is 6.02. The molecule has 4 aromatic rings. The summed E-state index contributed by atoms with van der Waals surface area (Å²) in [5, 5.41) is 12.9. The summed E-state index contributed by atoms with van der Waals surface area (Å²) in [6.07, 6.45) is 7.13. The van der Waals surface area contributed by atoms with Crippen LogP contribution in [0.4, 0.5) is 0 Å². The molecule has 1 N–H and O–H groups in total. The molecule has 1 fully saturated rings. The van der Waals surface area contributed by atoms with E-state index < -0.39 is 0 Å². The number of nitrogens with one attached hydrogen (secondary N) is 1. The van der Waals surface area contributed by atoms with E-state index in [0.29, 0.717) is 27.7 Å². The molecule has 2 aromatic heterocycles. The van der Waals surface area contributed by atoms with E-state index in [1.54, 1.807) is 42.0 Å². The minimum atomic E-state index is -0.215. The van der Waals surface area contributed by atoms with Gasteiger partial charge in [0.1, 0.15) is 5.76 Å². The maximum atomic E-state index is 14.0. The van der Waals surface area contributed by atoms with Crippen molar-refractivity contribution >= 4 is 17.7 Å². The first-order valence-corrected chi connectivity index (χ1v) is 15.1. The first-order chi connectivity index (χ1) is 19.9. The maximum absolute atomic E-state index is 14.0. The van der Waals surface area contributed by atoms with Gasteiger partial charge >= 0.3 is 0 Å². The number of benzene rings is 2. The van der Waals surface area contributed by atoms with Gasteiger partial charge < -0.3 is 9.73 Å². The van der Waals surface area contributed by atoms with Crippen LogP contribution in [0.25, 0.3) is 28.3 Å². The predicted molar refractivity (Wildman–Crippen MR) is 162 cm³/mol. The standard InChI is InChI=1S/C33H34N4O3S/c1-21(2)27-16-13-24(29-10-7-17-40-29)18-28(27)31-22(3)32(39)37(26-14-11-23(19-34)12-15-26)33(36-31)41-20-30(38)35-25-8-5-4-6-9-25/h7,10-18,21,25H,4-6,8-9,20H2,1-3H3,(H,35,38). The Balaban J connectivity index is 1.60. The lowest BCUT2D eigenvalue weighted by Crippen LogP contribution is -2.37. The highest BCUT2D eigenvalue weighted by Gasteiger charge is 2.22. The molecule has 0 atom stereocenters. The summed E-state index contributed by atoms with van der Waals surface area (Å²) >= 11 is 1.25. The fourth-order valence-corrected chi connectivity index (χ4v) is 6.18. The van der Waals surface area contributed by atoms with Gasteiger partial charge in [0.2, 0.25) is 5.91 Å². The second-order valence-corrected chi connectivity index (χ2v) is 11.7. The Morgan fingerprint density at radius 3 is 2.56 bits per heavy atom. The number of nitrogens with zero attached hydrogens (tertiary/aromatic N) is 3. The van der Waals surface area contributed by atoms with Crippen molar-refractivity contribution in [1.29, 1.82) is 5.26 Å². The minimum absolute atomic E-state index is 0.0626. The lowest BCUT2D eigenvalue weighted by atomic mass is 9.91. The highest BCUT2D eigenvalue weighted by atomic mass is 32.2. The Hall–Kier alpha value is -4.09. The van der Waals surface area contributed by atoms with Gasteiger partial charge in [-0.2, -0.15) is 5.26 Å². The summed E-state index contributed by atoms with van der Waals surface area (Å²) in [5.41, 5.74) is 4.80. The van der Waals surface area contributed by atoms with E-state index in [1.165, 1.54) is 18.2 Å². The van der Waals surface area contributed by atoms with Crippen LogP contribution in [-0.4, -0.2) is 27.3 Å². The highest BCUT2D eigenvalue weighted by molar-refractivity contribution is 7.99. The van der Waals surface area contributed by atoms with E-state index in [4.69, 9.17) is 9.40 Å². The number of hydrogen-bond donors (Lipinski definition) is 1. The molecule has 7 nitrogen and oxygen atoms in total. The molecule has 0 saturated heterocycles. The number of carbonyl (C=O) groups excluding carboxylic acids is 1. The molecule has 1 amide bonds. The molecule has 5 rings (SSSR count). The van der Waals surface area contributed by atoms with Crippen LogP contribution < -0.4 is 10.9 Å². The van der Waals surface area contributed by atoms with Crippen molar-refractivity contribution in [2.24, 2.45) is 0 Å². The third-order valence-electron chi connectivity index (χ3n) is 7.57. The third kappa shape index (κ3) is 6.31. The van der Waals surface area contributed by atoms with Crippen molar-refractivity contribution in [2.45, 2.75) is 70.0 Å². The highest BCUT2D eigenvalue weighted by Crippen LogP contribution is 2.35. The lowest BCUT2D eigenvalue weighted by molar-refractivity contribution is -0.119. The van der Waals surface area contributed by atoms with Gasteiger partial charge in [-0.3, -0.25) is 14.2 Å². The topological polar surface area (TPSA) is 101 Å². The summed E-state index contributed by atoms with van der Waals surface area (Å²) in [6, 6.07) is 19.0. The molecule has 1 aliphatic rings. The van der Waals surface area contributed by atoms with E-state index in [2.05, 4.69) is 31.3 Å². The van der Waals surface area contributed by atoms with Crippen LogP contribution in [0.1, 0.15) is 68.6 Å². The van der Waals surface area contributed by atoms with E-state index in [9.17, 15) is 14.9 Å². The van der Waals surface area contributed by atoms with Crippen LogP contribution in [0, 0.1) is 18.3 Å². The summed E-state index contributed by atoms with van der Waals surface area (Å²) < 4.78 is 7.20. The van der Waals surface area contributed by atoms with Crippen molar-refractivity contribution in [1.82, 2.24) is 14.9 Å². The van der Waals surface area contributed by atoms with E-state index in [-0.39, 0.29) is 29.2 Å². The molecular weight excluding hydrogens is 532 g/mol. The molecule has 0 aliphatic heterocycles. The van der Waals surface area contributed by atoms with E-state index in [0.717, 1.165) is 48.1 Å². The van der Waals surface area contributed by atoms with Gasteiger partial charge in [-0.25, -0.2) is 4.98 Å². The fraction of sp³-hybridized carbons (Fsp3) is 0.333. The SMILES string of the molecule is Cc1c(-c2cc(-c3ccco3)ccc2C(C)C)nc(SCC(=O)NC2CCCCC2)n(-c2ccc(C#N)cc2)c1=O. The number of rotatable bonds is 8. The minimum Gasteiger partial charge on any atom is -0.464 e. The summed E-state index contributed by atoms with van der Waals surface area (Å²) in [4.78, 5) is 32.0. The van der Waals surface area contributed by atoms with E-state index in [1.807, 2.05) is 24.3 Å². The first-order valence-electron chi connectivity index (χ1n) is 14.1. The number of furan rings is 1. The Bertz CT molecular complexity index is 1630. The molecule has 8 heteroatoms. The quantitative estimate of drug-likeness (QED) is 0.182. The fourth-order valence-electron chi connectivity index (χ4n) is 5.36. The molecule has 41 heavy (non-hydrogen) atoms. The van der Waals surface area contributed by atoms with Crippen LogP contribution in [0.15, 0.2) is 75.2 Å². The Morgan fingerprint density at radius 1 is 1.15 bits per heavy atom. The van der Waals surface area contributed by atoms with Gasteiger partial charge in [0.15, 0.2) is 5.16 Å². The number of carbonyl (C=O) groups is 1. The average Bonchev–Trinajstić information content (AvgIpc) is 3.53. The van der Waals surface area contributed by atoms with Crippen LogP contribution in [0.3, 0.4) is 0 Å². The van der Waals surface area contributed by atoms with Gasteiger partial charge in [0.25, 0.3) is 5.56 Å². The number of thioether (sulfide) groups is 1. The second-order valence-electron chi connectivity index (χ2n) is 10.8. The van der Waals surface area contributed by atoms with Crippen molar-refractivity contribution in [2.75, 3.05) is 5.75 Å². The van der Waals surface area contributed by atoms with Gasteiger partial charge in [-0.1, -0.05) is 57.0 Å². The smallest absolute Gasteiger partial charge is 0.262 e. The Labute approximate surface area is 244 Å². The van der Waals surface area contributed by atoms with Gasteiger partial charge in [0, 0.05) is 22.7 Å². The first kappa shape index (κ1) is 28.4. The summed E-state index contributed by atoms with van der Waals surface area (Å²) in [5.74, 6) is 1.01. The maximum Gasteiger partial charge on any atom is 0.262 e. The Kier molecular flexibility index (Phi) is 8.75. The number of aromatic nitrogens is 2. The van der Waals surface area contributed by atoms with Crippen molar-refractivity contribution in [3.8, 4) is 34.3 Å². The molecular formula is C33H34N4O3S. The molecule has 2 heterocycles. The zero-order valence-corrected chi connectivity index (χ0v) is 24.5. The zero-order valence-electron chi connectivity index (χ0n) is 23.6. The molecule has 1 saturated carbocycles. The molecule has 0 spiro atoms. The zero-order chi connectivity index (χ0) is 28.9. The van der Waals surface area contributed by atoms with Crippen molar-refractivity contribution in [3.63, 3.8) is 0 Å². The predicted octanol–water partition coefficient (Wildman–Crippen LogP) is 7.00. The molecule has 0 radical (unpaired) electrons. The molecule has 0 bridgehead atoms. The normalized spacial score (nSPS) is 13.7. The van der Waals surface area contributed by atoms with Crippen molar-refractivity contribution in [3.05, 3.63) is 87.9 Å². The van der Waals surface area contributed by atoms with Crippen LogP contribution in [-0.2, 0) is 4.79 Å². The van der Waals surface area contributed by atoms with Gasteiger partial charge in [-0.15, -0.1) is 0 Å². The van der Waals surface area contributed by atoms with Crippen molar-refractivity contribution < 1.29 is 9.21 Å².